The molecule has 6 nitrogen and oxygen atoms in total. The number of halogens is 1. The summed E-state index contributed by atoms with van der Waals surface area (Å²) >= 11 is 0. The molecule has 1 unspecified atom stereocenters. The Balaban J connectivity index is 2.26. The van der Waals surface area contributed by atoms with E-state index in [0.717, 1.165) is 0 Å². The fourth-order valence-electron chi connectivity index (χ4n) is 1.97. The molecular formula is C11H12FN3O3. The molecule has 0 aromatic heterocycles. The highest BCUT2D eigenvalue weighted by molar-refractivity contribution is 6.05. The molecule has 0 saturated carbocycles. The van der Waals surface area contributed by atoms with Gasteiger partial charge in [-0.15, -0.1) is 0 Å². The van der Waals surface area contributed by atoms with Crippen LogP contribution in [0.25, 0.3) is 0 Å². The lowest BCUT2D eigenvalue weighted by Gasteiger charge is -2.25. The normalized spacial score (nSPS) is 20.3. The molecule has 1 atom stereocenters. The van der Waals surface area contributed by atoms with Crippen LogP contribution in [0.5, 0.6) is 5.75 Å². The standard InChI is InChI=1S/C11H12FN3O3/c12-8-1-2-10-9(5-8)11(14-13)7(6-18-10)3-4-15(16)17/h1-2,5,7H,3-4,6,13H2. The van der Waals surface area contributed by atoms with Gasteiger partial charge in [0.05, 0.1) is 12.3 Å². The third-order valence-corrected chi connectivity index (χ3v) is 2.84. The van der Waals surface area contributed by atoms with E-state index in [9.17, 15) is 14.5 Å². The first kappa shape index (κ1) is 12.3. The number of hydrazone groups is 1. The summed E-state index contributed by atoms with van der Waals surface area (Å²) < 4.78 is 18.6. The van der Waals surface area contributed by atoms with Gasteiger partial charge < -0.3 is 10.6 Å². The van der Waals surface area contributed by atoms with Crippen LogP contribution in [0.3, 0.4) is 0 Å². The van der Waals surface area contributed by atoms with Crippen LogP contribution in [-0.4, -0.2) is 23.8 Å². The highest BCUT2D eigenvalue weighted by Gasteiger charge is 2.28. The van der Waals surface area contributed by atoms with E-state index in [1.54, 1.807) is 0 Å². The Morgan fingerprint density at radius 1 is 1.61 bits per heavy atom. The van der Waals surface area contributed by atoms with E-state index in [4.69, 9.17) is 10.6 Å². The van der Waals surface area contributed by atoms with Crippen molar-refractivity contribution in [1.29, 1.82) is 0 Å². The number of nitrogens with two attached hydrogens (primary N) is 1. The Labute approximate surface area is 102 Å². The molecule has 2 N–H and O–H groups in total. The number of hydrogen-bond donors (Lipinski definition) is 1. The van der Waals surface area contributed by atoms with Gasteiger partial charge in [0.1, 0.15) is 11.6 Å². The second-order valence-corrected chi connectivity index (χ2v) is 4.01. The Hall–Kier alpha value is -2.18. The van der Waals surface area contributed by atoms with Gasteiger partial charge in [-0.3, -0.25) is 10.1 Å². The average Bonchev–Trinajstić information content (AvgIpc) is 2.35. The van der Waals surface area contributed by atoms with Crippen LogP contribution in [0.2, 0.25) is 0 Å². The number of nitrogens with zero attached hydrogens (tertiary/aromatic N) is 2. The second-order valence-electron chi connectivity index (χ2n) is 4.01. The van der Waals surface area contributed by atoms with Crippen LogP contribution in [-0.2, 0) is 0 Å². The minimum Gasteiger partial charge on any atom is -0.492 e. The third kappa shape index (κ3) is 2.39. The maximum Gasteiger partial charge on any atom is 0.204 e. The zero-order valence-corrected chi connectivity index (χ0v) is 9.51. The van der Waals surface area contributed by atoms with Crippen molar-refractivity contribution in [3.8, 4) is 5.75 Å². The molecule has 96 valence electrons. The number of rotatable bonds is 3. The smallest absolute Gasteiger partial charge is 0.204 e. The van der Waals surface area contributed by atoms with E-state index in [-0.39, 0.29) is 25.5 Å². The molecule has 1 aliphatic heterocycles. The average molecular weight is 253 g/mol. The van der Waals surface area contributed by atoms with Crippen molar-refractivity contribution in [1.82, 2.24) is 0 Å². The van der Waals surface area contributed by atoms with Gasteiger partial charge in [0.2, 0.25) is 6.54 Å². The van der Waals surface area contributed by atoms with Crippen molar-refractivity contribution in [2.75, 3.05) is 13.2 Å². The number of hydrogen-bond acceptors (Lipinski definition) is 5. The second kappa shape index (κ2) is 4.99. The maximum absolute atomic E-state index is 13.2. The summed E-state index contributed by atoms with van der Waals surface area (Å²) in [5, 5.41) is 14.0. The Bertz CT molecular complexity index is 504. The first-order valence-corrected chi connectivity index (χ1v) is 5.44. The molecule has 0 amide bonds. The van der Waals surface area contributed by atoms with Crippen molar-refractivity contribution in [3.05, 3.63) is 39.7 Å². The molecule has 0 radical (unpaired) electrons. The first-order valence-electron chi connectivity index (χ1n) is 5.44. The quantitative estimate of drug-likeness (QED) is 0.497. The van der Waals surface area contributed by atoms with E-state index < -0.39 is 10.7 Å². The molecule has 1 heterocycles. The molecule has 1 aromatic carbocycles. The number of nitro groups is 1. The minimum atomic E-state index is -0.423. The number of ether oxygens (including phenoxy) is 1. The SMILES string of the molecule is NN=C1c2cc(F)ccc2OCC1CC[N+](=O)[O-]. The zero-order valence-electron chi connectivity index (χ0n) is 9.51. The Morgan fingerprint density at radius 3 is 3.06 bits per heavy atom. The molecule has 0 bridgehead atoms. The molecule has 2 rings (SSSR count). The predicted molar refractivity (Wildman–Crippen MR) is 62.6 cm³/mol. The minimum absolute atomic E-state index is 0.197. The van der Waals surface area contributed by atoms with Gasteiger partial charge in [0.25, 0.3) is 0 Å². The summed E-state index contributed by atoms with van der Waals surface area (Å²) in [5.74, 6) is 5.10. The fourth-order valence-corrected chi connectivity index (χ4v) is 1.97. The van der Waals surface area contributed by atoms with E-state index in [2.05, 4.69) is 5.10 Å². The van der Waals surface area contributed by atoms with Crippen molar-refractivity contribution in [2.45, 2.75) is 6.42 Å². The molecular weight excluding hydrogens is 241 g/mol. The number of benzene rings is 1. The molecule has 0 saturated heterocycles. The lowest BCUT2D eigenvalue weighted by molar-refractivity contribution is -0.481. The summed E-state index contributed by atoms with van der Waals surface area (Å²) in [5.41, 5.74) is 0.926. The van der Waals surface area contributed by atoms with Gasteiger partial charge in [-0.2, -0.15) is 5.10 Å². The Kier molecular flexibility index (Phi) is 3.40. The van der Waals surface area contributed by atoms with Crippen molar-refractivity contribution in [2.24, 2.45) is 16.9 Å². The Morgan fingerprint density at radius 2 is 2.39 bits per heavy atom. The van der Waals surface area contributed by atoms with E-state index in [1.165, 1.54) is 18.2 Å². The first-order chi connectivity index (χ1) is 8.61. The van der Waals surface area contributed by atoms with Crippen molar-refractivity contribution < 1.29 is 14.1 Å². The van der Waals surface area contributed by atoms with E-state index in [0.29, 0.717) is 17.0 Å². The number of fused-ring (bicyclic) bond motifs is 1. The molecule has 0 aliphatic carbocycles. The highest BCUT2D eigenvalue weighted by Crippen LogP contribution is 2.29. The van der Waals surface area contributed by atoms with Crippen LogP contribution in [0.1, 0.15) is 12.0 Å². The fraction of sp³-hybridized carbons (Fsp3) is 0.364. The molecule has 1 aromatic rings. The molecule has 7 heteroatoms. The summed E-state index contributed by atoms with van der Waals surface area (Å²) in [6.45, 7) is 0.0696. The van der Waals surface area contributed by atoms with Crippen LogP contribution in [0.15, 0.2) is 23.3 Å². The zero-order chi connectivity index (χ0) is 13.1. The maximum atomic E-state index is 13.2. The van der Waals surface area contributed by atoms with E-state index in [1.807, 2.05) is 0 Å². The molecule has 0 fully saturated rings. The molecule has 0 spiro atoms. The van der Waals surface area contributed by atoms with E-state index >= 15 is 0 Å². The van der Waals surface area contributed by atoms with Gasteiger partial charge in [-0.1, -0.05) is 0 Å². The van der Waals surface area contributed by atoms with Gasteiger partial charge in [0.15, 0.2) is 0 Å². The van der Waals surface area contributed by atoms with Crippen molar-refractivity contribution >= 4 is 5.71 Å². The van der Waals surface area contributed by atoms with Gasteiger partial charge in [-0.05, 0) is 18.2 Å². The van der Waals surface area contributed by atoms with Gasteiger partial charge in [0, 0.05) is 22.8 Å². The van der Waals surface area contributed by atoms with Crippen LogP contribution >= 0.6 is 0 Å². The lowest BCUT2D eigenvalue weighted by atomic mass is 9.91. The predicted octanol–water partition coefficient (Wildman–Crippen LogP) is 1.16. The highest BCUT2D eigenvalue weighted by atomic mass is 19.1. The van der Waals surface area contributed by atoms with Gasteiger partial charge in [-0.25, -0.2) is 4.39 Å². The summed E-state index contributed by atoms with van der Waals surface area (Å²) in [4.78, 5) is 9.96. The third-order valence-electron chi connectivity index (χ3n) is 2.84. The topological polar surface area (TPSA) is 90.8 Å². The molecule has 1 aliphatic rings. The van der Waals surface area contributed by atoms with Gasteiger partial charge >= 0.3 is 0 Å². The summed E-state index contributed by atoms with van der Waals surface area (Å²) in [6, 6.07) is 4.06. The lowest BCUT2D eigenvalue weighted by Crippen LogP contribution is -2.31. The molecule has 18 heavy (non-hydrogen) atoms. The summed E-state index contributed by atoms with van der Waals surface area (Å²) in [6.07, 6.45) is 0.263. The van der Waals surface area contributed by atoms with Crippen LogP contribution in [0, 0.1) is 21.8 Å². The van der Waals surface area contributed by atoms with Crippen LogP contribution < -0.4 is 10.6 Å². The largest absolute Gasteiger partial charge is 0.492 e. The van der Waals surface area contributed by atoms with Crippen molar-refractivity contribution in [3.63, 3.8) is 0 Å². The van der Waals surface area contributed by atoms with Crippen LogP contribution in [0.4, 0.5) is 4.39 Å². The summed E-state index contributed by atoms with van der Waals surface area (Å²) in [7, 11) is 0. The monoisotopic (exact) mass is 253 g/mol.